The van der Waals surface area contributed by atoms with Gasteiger partial charge in [-0.25, -0.2) is 17.2 Å². The Morgan fingerprint density at radius 3 is 2.35 bits per heavy atom. The summed E-state index contributed by atoms with van der Waals surface area (Å²) in [5.74, 6) is -3.33. The Balaban J connectivity index is 2.37. The second-order valence-electron chi connectivity index (χ2n) is 3.64. The van der Waals surface area contributed by atoms with Gasteiger partial charge in [-0.2, -0.15) is 5.10 Å². The third-order valence-corrected chi connectivity index (χ3v) is 3.63. The molecule has 1 aromatic carbocycles. The molecule has 20 heavy (non-hydrogen) atoms. The van der Waals surface area contributed by atoms with Crippen LogP contribution in [0, 0.1) is 11.6 Å². The number of aromatic nitrogens is 2. The molecule has 2 rings (SSSR count). The first-order valence-electron chi connectivity index (χ1n) is 5.03. The fourth-order valence-electron chi connectivity index (χ4n) is 1.37. The van der Waals surface area contributed by atoms with Gasteiger partial charge in [0, 0.05) is 16.9 Å². The topological polar surface area (TPSA) is 91.9 Å². The van der Waals surface area contributed by atoms with Crippen LogP contribution < -0.4 is 5.32 Å². The Kier molecular flexibility index (Phi) is 3.73. The van der Waals surface area contributed by atoms with E-state index in [1.165, 1.54) is 6.20 Å². The molecule has 0 aliphatic carbocycles. The maximum atomic E-state index is 13.6. The van der Waals surface area contributed by atoms with Gasteiger partial charge in [-0.3, -0.25) is 9.89 Å². The Hall–Kier alpha value is -2.00. The molecule has 0 aliphatic rings. The number of carbonyl (C=O) groups is 1. The van der Waals surface area contributed by atoms with Crippen molar-refractivity contribution in [2.24, 2.45) is 0 Å². The van der Waals surface area contributed by atoms with Crippen molar-refractivity contribution in [2.75, 3.05) is 5.32 Å². The maximum absolute atomic E-state index is 13.6. The predicted molar refractivity (Wildman–Crippen MR) is 65.9 cm³/mol. The second-order valence-corrected chi connectivity index (χ2v) is 6.21. The van der Waals surface area contributed by atoms with Gasteiger partial charge in [-0.1, -0.05) is 0 Å². The third-order valence-electron chi connectivity index (χ3n) is 2.30. The number of benzene rings is 1. The van der Waals surface area contributed by atoms with E-state index in [-0.39, 0.29) is 5.56 Å². The molecule has 106 valence electrons. The van der Waals surface area contributed by atoms with Crippen LogP contribution in [0.5, 0.6) is 0 Å². The summed E-state index contributed by atoms with van der Waals surface area (Å²) in [6.45, 7) is 0. The van der Waals surface area contributed by atoms with E-state index in [0.717, 1.165) is 6.20 Å². The molecule has 1 amide bonds. The van der Waals surface area contributed by atoms with Crippen LogP contribution in [0.4, 0.5) is 14.5 Å². The van der Waals surface area contributed by atoms with Crippen LogP contribution in [0.3, 0.4) is 0 Å². The lowest BCUT2D eigenvalue weighted by Crippen LogP contribution is -2.14. The highest BCUT2D eigenvalue weighted by Crippen LogP contribution is 2.25. The normalized spacial score (nSPS) is 11.3. The van der Waals surface area contributed by atoms with Crippen LogP contribution in [0.1, 0.15) is 10.4 Å². The number of hydrogen-bond acceptors (Lipinski definition) is 4. The zero-order valence-corrected chi connectivity index (χ0v) is 11.1. The summed E-state index contributed by atoms with van der Waals surface area (Å²) in [6, 6.07) is 1.02. The lowest BCUT2D eigenvalue weighted by molar-refractivity contribution is 0.102. The van der Waals surface area contributed by atoms with E-state index in [1.807, 2.05) is 5.32 Å². The highest BCUT2D eigenvalue weighted by atomic mass is 35.7. The molecule has 0 unspecified atom stereocenters. The van der Waals surface area contributed by atoms with Gasteiger partial charge < -0.3 is 5.32 Å². The molecule has 0 saturated carbocycles. The molecule has 1 heterocycles. The SMILES string of the molecule is O=C(Nc1c(F)cc(S(=O)(=O)Cl)cc1F)c1cn[nH]c1. The number of nitrogens with zero attached hydrogens (tertiary/aromatic N) is 1. The van der Waals surface area contributed by atoms with Crippen molar-refractivity contribution >= 4 is 31.3 Å². The van der Waals surface area contributed by atoms with E-state index in [9.17, 15) is 22.0 Å². The largest absolute Gasteiger partial charge is 0.317 e. The van der Waals surface area contributed by atoms with E-state index in [1.54, 1.807) is 0 Å². The van der Waals surface area contributed by atoms with Crippen molar-refractivity contribution in [2.45, 2.75) is 4.90 Å². The quantitative estimate of drug-likeness (QED) is 0.844. The molecule has 0 radical (unpaired) electrons. The monoisotopic (exact) mass is 321 g/mol. The Labute approximate surface area is 116 Å². The van der Waals surface area contributed by atoms with Crippen LogP contribution in [0.15, 0.2) is 29.4 Å². The number of H-pyrrole nitrogens is 1. The van der Waals surface area contributed by atoms with Gasteiger partial charge >= 0.3 is 0 Å². The Morgan fingerprint density at radius 2 is 1.90 bits per heavy atom. The Bertz CT molecular complexity index is 739. The second kappa shape index (κ2) is 5.17. The highest BCUT2D eigenvalue weighted by molar-refractivity contribution is 8.13. The van der Waals surface area contributed by atoms with E-state index >= 15 is 0 Å². The minimum atomic E-state index is -4.27. The zero-order chi connectivity index (χ0) is 14.9. The van der Waals surface area contributed by atoms with Crippen LogP contribution in [-0.4, -0.2) is 24.5 Å². The molecule has 2 N–H and O–H groups in total. The van der Waals surface area contributed by atoms with Gasteiger partial charge in [0.2, 0.25) is 0 Å². The van der Waals surface area contributed by atoms with Crippen molar-refractivity contribution in [3.05, 3.63) is 41.7 Å². The molecular weight excluding hydrogens is 316 g/mol. The van der Waals surface area contributed by atoms with Crippen molar-refractivity contribution in [1.29, 1.82) is 0 Å². The summed E-state index contributed by atoms with van der Waals surface area (Å²) in [5, 5.41) is 7.84. The van der Waals surface area contributed by atoms with E-state index in [0.29, 0.717) is 12.1 Å². The smallest absolute Gasteiger partial charge is 0.261 e. The number of hydrogen-bond donors (Lipinski definition) is 2. The first-order valence-corrected chi connectivity index (χ1v) is 7.34. The zero-order valence-electron chi connectivity index (χ0n) is 9.52. The van der Waals surface area contributed by atoms with E-state index < -0.39 is 37.2 Å². The summed E-state index contributed by atoms with van der Waals surface area (Å²) in [5.41, 5.74) is -0.724. The first kappa shape index (κ1) is 14.4. The number of halogens is 3. The standard InChI is InChI=1S/C10H6ClF2N3O3S/c11-20(18,19)6-1-7(12)9(8(13)2-6)16-10(17)5-3-14-15-4-5/h1-4H,(H,14,15)(H,16,17). The summed E-state index contributed by atoms with van der Waals surface area (Å²) in [7, 11) is 0.709. The number of carbonyl (C=O) groups excluding carboxylic acids is 1. The number of amides is 1. The summed E-state index contributed by atoms with van der Waals surface area (Å²) in [6.07, 6.45) is 2.38. The molecule has 0 spiro atoms. The van der Waals surface area contributed by atoms with Crippen LogP contribution in [-0.2, 0) is 9.05 Å². The molecule has 0 saturated heterocycles. The summed E-state index contributed by atoms with van der Waals surface area (Å²) >= 11 is 0. The predicted octanol–water partition coefficient (Wildman–Crippen LogP) is 1.87. The molecule has 0 fully saturated rings. The lowest BCUT2D eigenvalue weighted by atomic mass is 10.2. The number of rotatable bonds is 3. The fourth-order valence-corrected chi connectivity index (χ4v) is 2.13. The van der Waals surface area contributed by atoms with Gasteiger partial charge in [0.15, 0.2) is 11.6 Å². The lowest BCUT2D eigenvalue weighted by Gasteiger charge is -2.07. The molecule has 0 atom stereocenters. The Morgan fingerprint density at radius 1 is 1.30 bits per heavy atom. The van der Waals surface area contributed by atoms with Crippen molar-refractivity contribution in [1.82, 2.24) is 10.2 Å². The van der Waals surface area contributed by atoms with Crippen LogP contribution >= 0.6 is 10.7 Å². The molecule has 1 aromatic heterocycles. The summed E-state index contributed by atoms with van der Waals surface area (Å²) < 4.78 is 49.3. The number of aromatic amines is 1. The molecular formula is C10H6ClF2N3O3S. The highest BCUT2D eigenvalue weighted by Gasteiger charge is 2.20. The van der Waals surface area contributed by atoms with Crippen molar-refractivity contribution in [3.8, 4) is 0 Å². The van der Waals surface area contributed by atoms with E-state index in [2.05, 4.69) is 10.2 Å². The number of anilines is 1. The first-order chi connectivity index (χ1) is 9.29. The third kappa shape index (κ3) is 2.94. The van der Waals surface area contributed by atoms with Gasteiger partial charge in [-0.15, -0.1) is 0 Å². The van der Waals surface area contributed by atoms with Crippen LogP contribution in [0.25, 0.3) is 0 Å². The van der Waals surface area contributed by atoms with Crippen LogP contribution in [0.2, 0.25) is 0 Å². The maximum Gasteiger partial charge on any atom is 0.261 e. The molecule has 10 heteroatoms. The van der Waals surface area contributed by atoms with E-state index in [4.69, 9.17) is 10.7 Å². The summed E-state index contributed by atoms with van der Waals surface area (Å²) in [4.78, 5) is 10.9. The number of nitrogens with one attached hydrogen (secondary N) is 2. The molecule has 0 bridgehead atoms. The fraction of sp³-hybridized carbons (Fsp3) is 0. The van der Waals surface area contributed by atoms with Gasteiger partial charge in [0.25, 0.3) is 15.0 Å². The average Bonchev–Trinajstić information content (AvgIpc) is 2.85. The molecule has 2 aromatic rings. The average molecular weight is 322 g/mol. The van der Waals surface area contributed by atoms with Crippen molar-refractivity contribution < 1.29 is 22.0 Å². The van der Waals surface area contributed by atoms with Gasteiger partial charge in [-0.05, 0) is 12.1 Å². The van der Waals surface area contributed by atoms with Gasteiger partial charge in [0.1, 0.15) is 5.69 Å². The minimum Gasteiger partial charge on any atom is -0.317 e. The van der Waals surface area contributed by atoms with Crippen molar-refractivity contribution in [3.63, 3.8) is 0 Å². The molecule has 6 nitrogen and oxygen atoms in total. The minimum absolute atomic E-state index is 0.0536. The molecule has 0 aliphatic heterocycles. The van der Waals surface area contributed by atoms with Gasteiger partial charge in [0.05, 0.1) is 16.7 Å².